The molecule has 0 heterocycles. The zero-order chi connectivity index (χ0) is 18.4. The Hall–Kier alpha value is -2.31. The Labute approximate surface area is 154 Å². The fraction of sp³-hybridized carbons (Fsp3) is 0.176. The van der Waals surface area contributed by atoms with Crippen molar-refractivity contribution in [3.05, 3.63) is 57.8 Å². The minimum Gasteiger partial charge on any atom is -0.494 e. The van der Waals surface area contributed by atoms with Gasteiger partial charge in [0.1, 0.15) is 0 Å². The number of nitrogens with one attached hydrogen (secondary N) is 2. The summed E-state index contributed by atoms with van der Waals surface area (Å²) in [4.78, 5) is 23.7. The van der Waals surface area contributed by atoms with Crippen LogP contribution in [0.2, 0.25) is 10.0 Å². The highest BCUT2D eigenvalue weighted by Gasteiger charge is 2.11. The predicted molar refractivity (Wildman–Crippen MR) is 94.8 cm³/mol. The summed E-state index contributed by atoms with van der Waals surface area (Å²) >= 11 is 11.8. The van der Waals surface area contributed by atoms with Gasteiger partial charge in [-0.2, -0.15) is 0 Å². The lowest BCUT2D eigenvalue weighted by Gasteiger charge is -2.09. The minimum absolute atomic E-state index is 0.0634. The molecule has 2 aromatic carbocycles. The lowest BCUT2D eigenvalue weighted by atomic mass is 10.1. The van der Waals surface area contributed by atoms with E-state index in [2.05, 4.69) is 10.6 Å². The van der Waals surface area contributed by atoms with Gasteiger partial charge >= 0.3 is 0 Å². The normalized spacial score (nSPS) is 10.2. The van der Waals surface area contributed by atoms with Gasteiger partial charge in [0.25, 0.3) is 0 Å². The molecule has 0 saturated carbocycles. The van der Waals surface area contributed by atoms with E-state index in [1.807, 2.05) is 0 Å². The molecule has 0 atom stereocenters. The van der Waals surface area contributed by atoms with E-state index < -0.39 is 17.6 Å². The molecule has 0 aromatic heterocycles. The Bertz CT molecular complexity index is 799. The number of hydrogen-bond donors (Lipinski definition) is 2. The maximum absolute atomic E-state index is 13.6. The maximum atomic E-state index is 13.6. The fourth-order valence-corrected chi connectivity index (χ4v) is 2.37. The van der Waals surface area contributed by atoms with Crippen molar-refractivity contribution in [1.82, 2.24) is 5.32 Å². The first-order valence-corrected chi connectivity index (χ1v) is 7.98. The number of anilines is 1. The Morgan fingerprint density at radius 3 is 2.56 bits per heavy atom. The average molecular weight is 385 g/mol. The summed E-state index contributed by atoms with van der Waals surface area (Å²) in [7, 11) is 1.36. The molecule has 0 saturated heterocycles. The van der Waals surface area contributed by atoms with Crippen molar-refractivity contribution < 1.29 is 18.7 Å². The van der Waals surface area contributed by atoms with Crippen LogP contribution >= 0.6 is 23.2 Å². The van der Waals surface area contributed by atoms with Gasteiger partial charge in [-0.1, -0.05) is 29.3 Å². The van der Waals surface area contributed by atoms with Gasteiger partial charge in [0.05, 0.1) is 30.8 Å². The quantitative estimate of drug-likeness (QED) is 0.801. The lowest BCUT2D eigenvalue weighted by Crippen LogP contribution is -2.33. The molecule has 25 heavy (non-hydrogen) atoms. The van der Waals surface area contributed by atoms with E-state index in [0.29, 0.717) is 21.3 Å². The second-order valence-corrected chi connectivity index (χ2v) is 5.94. The van der Waals surface area contributed by atoms with E-state index in [9.17, 15) is 14.0 Å². The topological polar surface area (TPSA) is 67.4 Å². The maximum Gasteiger partial charge on any atom is 0.243 e. The van der Waals surface area contributed by atoms with E-state index in [1.54, 1.807) is 18.2 Å². The standard InChI is InChI=1S/C17H15Cl2FN2O3/c1-25-15-5-2-10(6-13(15)20)7-16(23)21-9-17(24)22-14-8-11(18)3-4-12(14)19/h2-6,8H,7,9H2,1H3,(H,21,23)(H,22,24). The predicted octanol–water partition coefficient (Wildman–Crippen LogP) is 3.44. The first-order valence-electron chi connectivity index (χ1n) is 7.23. The molecule has 0 unspecified atom stereocenters. The van der Waals surface area contributed by atoms with E-state index in [1.165, 1.54) is 25.3 Å². The Balaban J connectivity index is 1.86. The molecule has 0 radical (unpaired) electrons. The molecular formula is C17H15Cl2FN2O3. The second-order valence-electron chi connectivity index (χ2n) is 5.09. The van der Waals surface area contributed by atoms with Gasteiger partial charge in [-0.3, -0.25) is 9.59 Å². The highest BCUT2D eigenvalue weighted by atomic mass is 35.5. The third kappa shape index (κ3) is 5.62. The number of benzene rings is 2. The zero-order valence-corrected chi connectivity index (χ0v) is 14.7. The van der Waals surface area contributed by atoms with Crippen molar-refractivity contribution >= 4 is 40.7 Å². The third-order valence-corrected chi connectivity index (χ3v) is 3.79. The molecular weight excluding hydrogens is 370 g/mol. The van der Waals surface area contributed by atoms with Gasteiger partial charge in [0.2, 0.25) is 11.8 Å². The van der Waals surface area contributed by atoms with Crippen LogP contribution in [0.15, 0.2) is 36.4 Å². The summed E-state index contributed by atoms with van der Waals surface area (Å²) in [6.07, 6.45) is -0.0634. The van der Waals surface area contributed by atoms with Gasteiger partial charge in [-0.05, 0) is 35.9 Å². The lowest BCUT2D eigenvalue weighted by molar-refractivity contribution is -0.123. The minimum atomic E-state index is -0.554. The number of ether oxygens (including phenoxy) is 1. The summed E-state index contributed by atoms with van der Waals surface area (Å²) in [6, 6.07) is 8.87. The number of carbonyl (C=O) groups is 2. The molecule has 0 fully saturated rings. The number of halogens is 3. The Kier molecular flexibility index (Phi) is 6.61. The SMILES string of the molecule is COc1ccc(CC(=O)NCC(=O)Nc2cc(Cl)ccc2Cl)cc1F. The Morgan fingerprint density at radius 2 is 1.88 bits per heavy atom. The third-order valence-electron chi connectivity index (χ3n) is 3.23. The molecule has 8 heteroatoms. The van der Waals surface area contributed by atoms with Crippen molar-refractivity contribution in [3.8, 4) is 5.75 Å². The Morgan fingerprint density at radius 1 is 1.12 bits per heavy atom. The fourth-order valence-electron chi connectivity index (χ4n) is 2.03. The van der Waals surface area contributed by atoms with Gasteiger partial charge in [-0.15, -0.1) is 0 Å². The molecule has 0 aliphatic heterocycles. The van der Waals surface area contributed by atoms with E-state index in [0.717, 1.165) is 0 Å². The van der Waals surface area contributed by atoms with E-state index in [-0.39, 0.29) is 18.7 Å². The van der Waals surface area contributed by atoms with Crippen LogP contribution in [0, 0.1) is 5.82 Å². The first kappa shape index (κ1) is 19.0. The number of methoxy groups -OCH3 is 1. The monoisotopic (exact) mass is 384 g/mol. The first-order chi connectivity index (χ1) is 11.9. The summed E-state index contributed by atoms with van der Waals surface area (Å²) in [5.74, 6) is -1.33. The van der Waals surface area contributed by atoms with Crippen LogP contribution < -0.4 is 15.4 Å². The van der Waals surface area contributed by atoms with E-state index >= 15 is 0 Å². The van der Waals surface area contributed by atoms with Crippen molar-refractivity contribution in [2.24, 2.45) is 0 Å². The van der Waals surface area contributed by atoms with Crippen LogP contribution in [0.25, 0.3) is 0 Å². The molecule has 132 valence electrons. The molecule has 5 nitrogen and oxygen atoms in total. The van der Waals surface area contributed by atoms with Crippen LogP contribution in [0.1, 0.15) is 5.56 Å². The average Bonchev–Trinajstić information content (AvgIpc) is 2.56. The molecule has 0 bridgehead atoms. The van der Waals surface area contributed by atoms with Crippen LogP contribution in [-0.4, -0.2) is 25.5 Å². The van der Waals surface area contributed by atoms with Crippen LogP contribution in [0.5, 0.6) is 5.75 Å². The van der Waals surface area contributed by atoms with Gasteiger partial charge in [0.15, 0.2) is 11.6 Å². The molecule has 2 rings (SSSR count). The molecule has 2 amide bonds. The molecule has 0 aliphatic carbocycles. The molecule has 0 aliphatic rings. The summed E-state index contributed by atoms with van der Waals surface area (Å²) in [5.41, 5.74) is 0.819. The van der Waals surface area contributed by atoms with Crippen LogP contribution in [-0.2, 0) is 16.0 Å². The number of amides is 2. The smallest absolute Gasteiger partial charge is 0.243 e. The van der Waals surface area contributed by atoms with Crippen molar-refractivity contribution in [3.63, 3.8) is 0 Å². The number of rotatable bonds is 6. The van der Waals surface area contributed by atoms with Gasteiger partial charge < -0.3 is 15.4 Å². The molecule has 0 spiro atoms. The zero-order valence-electron chi connectivity index (χ0n) is 13.2. The van der Waals surface area contributed by atoms with Crippen molar-refractivity contribution in [2.45, 2.75) is 6.42 Å². The highest BCUT2D eigenvalue weighted by Crippen LogP contribution is 2.25. The second kappa shape index (κ2) is 8.69. The molecule has 2 N–H and O–H groups in total. The summed E-state index contributed by atoms with van der Waals surface area (Å²) in [5, 5.41) is 5.75. The van der Waals surface area contributed by atoms with Crippen molar-refractivity contribution in [1.29, 1.82) is 0 Å². The number of carbonyl (C=O) groups excluding carboxylic acids is 2. The van der Waals surface area contributed by atoms with Crippen LogP contribution in [0.4, 0.5) is 10.1 Å². The molecule has 2 aromatic rings. The highest BCUT2D eigenvalue weighted by molar-refractivity contribution is 6.35. The van der Waals surface area contributed by atoms with Gasteiger partial charge in [0, 0.05) is 5.02 Å². The summed E-state index contributed by atoms with van der Waals surface area (Å²) in [6.45, 7) is -0.250. The largest absolute Gasteiger partial charge is 0.494 e. The summed E-state index contributed by atoms with van der Waals surface area (Å²) < 4.78 is 18.4. The van der Waals surface area contributed by atoms with Crippen LogP contribution in [0.3, 0.4) is 0 Å². The van der Waals surface area contributed by atoms with E-state index in [4.69, 9.17) is 27.9 Å². The van der Waals surface area contributed by atoms with Gasteiger partial charge in [-0.25, -0.2) is 4.39 Å². The van der Waals surface area contributed by atoms with Crippen molar-refractivity contribution in [2.75, 3.05) is 19.0 Å². The number of hydrogen-bond acceptors (Lipinski definition) is 3.